The fourth-order valence-electron chi connectivity index (χ4n) is 4.34. The van der Waals surface area contributed by atoms with E-state index in [1.165, 1.54) is 38.2 Å². The Labute approximate surface area is 176 Å². The van der Waals surface area contributed by atoms with Gasteiger partial charge in [0.15, 0.2) is 0 Å². The number of piperidine rings is 1. The van der Waals surface area contributed by atoms with Gasteiger partial charge >= 0.3 is 0 Å². The van der Waals surface area contributed by atoms with E-state index >= 15 is 0 Å². The molecule has 1 aliphatic carbocycles. The highest BCUT2D eigenvalue weighted by Gasteiger charge is 2.26. The third kappa shape index (κ3) is 5.25. The molecule has 7 heteroatoms. The summed E-state index contributed by atoms with van der Waals surface area (Å²) < 4.78 is 25.0. The van der Waals surface area contributed by atoms with Crippen molar-refractivity contribution in [3.05, 3.63) is 35.5 Å². The lowest BCUT2D eigenvalue weighted by Gasteiger charge is -2.35. The molecule has 1 aliphatic heterocycles. The van der Waals surface area contributed by atoms with Crippen molar-refractivity contribution in [3.8, 4) is 11.4 Å². The highest BCUT2D eigenvalue weighted by atomic mass is 19.1. The zero-order valence-corrected chi connectivity index (χ0v) is 17.6. The molecule has 0 N–H and O–H groups in total. The lowest BCUT2D eigenvalue weighted by molar-refractivity contribution is -0.135. The molecule has 1 aromatic carbocycles. The van der Waals surface area contributed by atoms with Gasteiger partial charge in [-0.2, -0.15) is 4.98 Å². The van der Waals surface area contributed by atoms with Gasteiger partial charge in [-0.05, 0) is 56.4 Å². The van der Waals surface area contributed by atoms with Crippen LogP contribution in [0.1, 0.15) is 62.8 Å². The number of ether oxygens (including phenoxy) is 1. The quantitative estimate of drug-likeness (QED) is 0.697. The maximum atomic E-state index is 13.4. The summed E-state index contributed by atoms with van der Waals surface area (Å²) in [5.74, 6) is 0.696. The topological polar surface area (TPSA) is 68.5 Å². The Balaban J connectivity index is 1.22. The minimum atomic E-state index is -0.263. The number of carbonyl (C=O) groups excluding carboxylic acids is 1. The Kier molecular flexibility index (Phi) is 6.77. The van der Waals surface area contributed by atoms with Gasteiger partial charge in [-0.25, -0.2) is 4.39 Å². The number of hydrogen-bond acceptors (Lipinski definition) is 5. The van der Waals surface area contributed by atoms with E-state index in [0.717, 1.165) is 25.9 Å². The first-order valence-electron chi connectivity index (χ1n) is 11.1. The second kappa shape index (κ2) is 9.69. The van der Waals surface area contributed by atoms with Crippen LogP contribution in [0.25, 0.3) is 11.4 Å². The van der Waals surface area contributed by atoms with Gasteiger partial charge in [0.25, 0.3) is 0 Å². The van der Waals surface area contributed by atoms with Crippen LogP contribution in [-0.4, -0.2) is 46.2 Å². The van der Waals surface area contributed by atoms with Gasteiger partial charge in [-0.1, -0.05) is 24.4 Å². The Morgan fingerprint density at radius 3 is 2.63 bits per heavy atom. The van der Waals surface area contributed by atoms with E-state index in [9.17, 15) is 9.18 Å². The minimum Gasteiger partial charge on any atom is -0.375 e. The summed E-state index contributed by atoms with van der Waals surface area (Å²) in [6, 6.07) is 4.71. The van der Waals surface area contributed by atoms with Crippen LogP contribution in [-0.2, 0) is 16.0 Å². The highest BCUT2D eigenvalue weighted by Crippen LogP contribution is 2.25. The fourth-order valence-corrected chi connectivity index (χ4v) is 4.34. The number of carbonyl (C=O) groups is 1. The smallest absolute Gasteiger partial charge is 0.227 e. The molecule has 2 aliphatic rings. The summed E-state index contributed by atoms with van der Waals surface area (Å²) in [5.41, 5.74) is 1.24. The first kappa shape index (κ1) is 21.0. The summed E-state index contributed by atoms with van der Waals surface area (Å²) in [6.07, 6.45) is 9.54. The van der Waals surface area contributed by atoms with E-state index in [4.69, 9.17) is 9.26 Å². The molecule has 2 fully saturated rings. The molecule has 0 spiro atoms. The van der Waals surface area contributed by atoms with Gasteiger partial charge in [0.2, 0.25) is 17.6 Å². The summed E-state index contributed by atoms with van der Waals surface area (Å²) >= 11 is 0. The van der Waals surface area contributed by atoms with Crippen LogP contribution in [0.15, 0.2) is 22.7 Å². The Morgan fingerprint density at radius 2 is 1.90 bits per heavy atom. The standard InChI is InChI=1S/C23H30FN3O3/c1-16-15-17(7-8-20(16)24)23-25-21(30-26-23)9-10-22(28)27-13-11-19(12-14-27)29-18-5-3-2-4-6-18/h7-8,15,18-19H,2-6,9-14H2,1H3. The van der Waals surface area contributed by atoms with Crippen LogP contribution < -0.4 is 0 Å². The second-order valence-corrected chi connectivity index (χ2v) is 8.45. The van der Waals surface area contributed by atoms with Gasteiger partial charge in [0, 0.05) is 31.5 Å². The predicted molar refractivity (Wildman–Crippen MR) is 110 cm³/mol. The summed E-state index contributed by atoms with van der Waals surface area (Å²) in [6.45, 7) is 3.20. The molecule has 30 heavy (non-hydrogen) atoms. The van der Waals surface area contributed by atoms with Gasteiger partial charge in [0.1, 0.15) is 5.82 Å². The Hall–Kier alpha value is -2.28. The zero-order valence-electron chi connectivity index (χ0n) is 17.6. The monoisotopic (exact) mass is 415 g/mol. The van der Waals surface area contributed by atoms with E-state index in [2.05, 4.69) is 10.1 Å². The lowest BCUT2D eigenvalue weighted by atomic mass is 9.97. The van der Waals surface area contributed by atoms with Gasteiger partial charge in [-0.3, -0.25) is 4.79 Å². The molecule has 1 amide bonds. The summed E-state index contributed by atoms with van der Waals surface area (Å²) in [5, 5.41) is 3.96. The maximum absolute atomic E-state index is 13.4. The number of amides is 1. The number of aryl methyl sites for hydroxylation is 2. The molecule has 2 heterocycles. The van der Waals surface area contributed by atoms with Crippen LogP contribution in [0.2, 0.25) is 0 Å². The van der Waals surface area contributed by atoms with Gasteiger partial charge in [-0.15, -0.1) is 0 Å². The molecule has 0 bridgehead atoms. The molecular formula is C23H30FN3O3. The minimum absolute atomic E-state index is 0.114. The molecule has 1 saturated heterocycles. The molecule has 162 valence electrons. The summed E-state index contributed by atoms with van der Waals surface area (Å²) in [7, 11) is 0. The van der Waals surface area contributed by atoms with Crippen molar-refractivity contribution >= 4 is 5.91 Å². The number of rotatable bonds is 6. The van der Waals surface area contributed by atoms with Crippen molar-refractivity contribution in [2.24, 2.45) is 0 Å². The number of likely N-dealkylation sites (tertiary alicyclic amines) is 1. The van der Waals surface area contributed by atoms with Gasteiger partial charge in [0.05, 0.1) is 12.2 Å². The molecule has 2 aromatic rings. The average Bonchev–Trinajstić information content (AvgIpc) is 3.24. The molecular weight excluding hydrogens is 385 g/mol. The van der Waals surface area contributed by atoms with Crippen LogP contribution in [0.3, 0.4) is 0 Å². The normalized spacial score (nSPS) is 18.7. The van der Waals surface area contributed by atoms with E-state index in [0.29, 0.717) is 41.8 Å². The van der Waals surface area contributed by atoms with Crippen LogP contribution in [0.4, 0.5) is 4.39 Å². The second-order valence-electron chi connectivity index (χ2n) is 8.45. The zero-order chi connectivity index (χ0) is 20.9. The molecule has 0 radical (unpaired) electrons. The molecule has 0 atom stereocenters. The van der Waals surface area contributed by atoms with E-state index in [1.807, 2.05) is 4.90 Å². The first-order valence-corrected chi connectivity index (χ1v) is 11.1. The van der Waals surface area contributed by atoms with Crippen molar-refractivity contribution in [1.29, 1.82) is 0 Å². The number of halogens is 1. The van der Waals surface area contributed by atoms with E-state index in [1.54, 1.807) is 19.1 Å². The van der Waals surface area contributed by atoms with Crippen LogP contribution in [0, 0.1) is 12.7 Å². The van der Waals surface area contributed by atoms with Crippen molar-refractivity contribution in [2.75, 3.05) is 13.1 Å². The number of benzene rings is 1. The third-order valence-corrected chi connectivity index (χ3v) is 6.17. The third-order valence-electron chi connectivity index (χ3n) is 6.17. The Morgan fingerprint density at radius 1 is 1.17 bits per heavy atom. The van der Waals surface area contributed by atoms with Crippen molar-refractivity contribution in [1.82, 2.24) is 15.0 Å². The van der Waals surface area contributed by atoms with Crippen LogP contribution in [0.5, 0.6) is 0 Å². The number of nitrogens with zero attached hydrogens (tertiary/aromatic N) is 3. The SMILES string of the molecule is Cc1cc(-c2noc(CCC(=O)N3CCC(OC4CCCCC4)CC3)n2)ccc1F. The highest BCUT2D eigenvalue weighted by molar-refractivity contribution is 5.76. The Bertz CT molecular complexity index is 855. The molecule has 1 aromatic heterocycles. The largest absolute Gasteiger partial charge is 0.375 e. The first-order chi connectivity index (χ1) is 14.6. The fraction of sp³-hybridized carbons (Fsp3) is 0.609. The van der Waals surface area contributed by atoms with Crippen molar-refractivity contribution in [2.45, 2.75) is 76.9 Å². The number of aromatic nitrogens is 2. The number of hydrogen-bond donors (Lipinski definition) is 0. The lowest BCUT2D eigenvalue weighted by Crippen LogP contribution is -2.42. The molecule has 0 unspecified atom stereocenters. The summed E-state index contributed by atoms with van der Waals surface area (Å²) in [4.78, 5) is 18.9. The molecule has 4 rings (SSSR count). The van der Waals surface area contributed by atoms with Crippen molar-refractivity contribution < 1.29 is 18.4 Å². The average molecular weight is 416 g/mol. The van der Waals surface area contributed by atoms with E-state index in [-0.39, 0.29) is 17.8 Å². The maximum Gasteiger partial charge on any atom is 0.227 e. The van der Waals surface area contributed by atoms with Gasteiger partial charge < -0.3 is 14.2 Å². The van der Waals surface area contributed by atoms with E-state index < -0.39 is 0 Å². The molecule has 6 nitrogen and oxygen atoms in total. The van der Waals surface area contributed by atoms with Crippen molar-refractivity contribution in [3.63, 3.8) is 0 Å². The predicted octanol–water partition coefficient (Wildman–Crippen LogP) is 4.46. The molecule has 1 saturated carbocycles. The van der Waals surface area contributed by atoms with Crippen LogP contribution >= 0.6 is 0 Å².